The molecule has 5 nitrogen and oxygen atoms in total. The lowest BCUT2D eigenvalue weighted by Gasteiger charge is -2.27. The third-order valence-electron chi connectivity index (χ3n) is 7.01. The van der Waals surface area contributed by atoms with Crippen LogP contribution < -0.4 is 18.9 Å². The topological polar surface area (TPSA) is 54.0 Å². The monoisotopic (exact) mass is 560 g/mol. The molecule has 0 aliphatic carbocycles. The third kappa shape index (κ3) is 6.44. The van der Waals surface area contributed by atoms with Gasteiger partial charge in [0, 0.05) is 29.7 Å². The second kappa shape index (κ2) is 12.6. The van der Waals surface area contributed by atoms with Gasteiger partial charge in [0.05, 0.1) is 0 Å². The van der Waals surface area contributed by atoms with E-state index >= 15 is 4.39 Å². The van der Waals surface area contributed by atoms with Gasteiger partial charge in [0.25, 0.3) is 0 Å². The molecule has 0 saturated carbocycles. The molecule has 0 N–H and O–H groups in total. The fourth-order valence-corrected chi connectivity index (χ4v) is 4.81. The zero-order chi connectivity index (χ0) is 28.7. The summed E-state index contributed by atoms with van der Waals surface area (Å²) in [6, 6.07) is 37.2. The molecule has 1 aliphatic heterocycles. The lowest BCUT2D eigenvalue weighted by atomic mass is 9.95. The molecule has 1 aliphatic rings. The van der Waals surface area contributed by atoms with Crippen LogP contribution in [0.5, 0.6) is 23.0 Å². The number of hydrogen-bond donors (Lipinski definition) is 0. The molecule has 0 aromatic heterocycles. The summed E-state index contributed by atoms with van der Waals surface area (Å²) in [6.07, 6.45) is -0.890. The normalized spacial score (nSPS) is 14.0. The van der Waals surface area contributed by atoms with Crippen LogP contribution in [0.15, 0.2) is 121 Å². The Morgan fingerprint density at radius 2 is 1.19 bits per heavy atom. The number of rotatable bonds is 10. The average Bonchev–Trinajstić information content (AvgIpc) is 3.03. The van der Waals surface area contributed by atoms with E-state index in [1.54, 1.807) is 18.2 Å². The smallest absolute Gasteiger partial charge is 0.182 e. The van der Waals surface area contributed by atoms with Crippen LogP contribution in [-0.4, -0.2) is 5.78 Å². The highest BCUT2D eigenvalue weighted by molar-refractivity contribution is 5.89. The number of carbonyl (C=O) groups is 1. The number of ketones is 1. The van der Waals surface area contributed by atoms with Gasteiger partial charge < -0.3 is 18.9 Å². The largest absolute Gasteiger partial charge is 0.489 e. The Balaban J connectivity index is 1.24. The van der Waals surface area contributed by atoms with Crippen molar-refractivity contribution in [2.45, 2.75) is 32.3 Å². The Morgan fingerprint density at radius 1 is 0.643 bits per heavy atom. The third-order valence-corrected chi connectivity index (χ3v) is 7.01. The van der Waals surface area contributed by atoms with Gasteiger partial charge in [-0.15, -0.1) is 0 Å². The first-order chi connectivity index (χ1) is 20.6. The molecule has 0 saturated heterocycles. The maximum atomic E-state index is 15.1. The van der Waals surface area contributed by atoms with Crippen LogP contribution in [0.2, 0.25) is 0 Å². The number of carbonyl (C=O) groups excluding carboxylic acids is 1. The number of hydrogen-bond acceptors (Lipinski definition) is 5. The van der Waals surface area contributed by atoms with Crippen LogP contribution in [0, 0.1) is 5.82 Å². The molecule has 1 atom stereocenters. The molecule has 42 heavy (non-hydrogen) atoms. The van der Waals surface area contributed by atoms with E-state index in [-0.39, 0.29) is 24.6 Å². The van der Waals surface area contributed by atoms with E-state index in [1.165, 1.54) is 12.1 Å². The highest BCUT2D eigenvalue weighted by Gasteiger charge is 2.33. The maximum absolute atomic E-state index is 15.1. The zero-order valence-electron chi connectivity index (χ0n) is 22.9. The molecule has 0 radical (unpaired) electrons. The summed E-state index contributed by atoms with van der Waals surface area (Å²) in [5.74, 6) is 0.893. The van der Waals surface area contributed by atoms with Crippen molar-refractivity contribution in [2.24, 2.45) is 0 Å². The van der Waals surface area contributed by atoms with Crippen LogP contribution in [0.25, 0.3) is 0 Å². The van der Waals surface area contributed by atoms with E-state index < -0.39 is 11.9 Å². The SMILES string of the molecule is O=C1Cc2c(OCc3ccccc3)cc(OCc3ccccc3)cc2OC1c1ccc(OCc2ccccc2)c(F)c1. The minimum absolute atomic E-state index is 0.0803. The lowest BCUT2D eigenvalue weighted by molar-refractivity contribution is -0.126. The molecule has 6 heteroatoms. The van der Waals surface area contributed by atoms with Crippen molar-refractivity contribution in [2.75, 3.05) is 0 Å². The molecule has 5 aromatic carbocycles. The van der Waals surface area contributed by atoms with Gasteiger partial charge in [0.1, 0.15) is 37.1 Å². The predicted octanol–water partition coefficient (Wildman–Crippen LogP) is 7.81. The standard InChI is InChI=1S/C36H29FO5/c37-31-18-28(16-17-33(31)40-23-26-12-6-2-7-13-26)36-32(38)21-30-34(41-24-27-14-8-3-9-15-27)19-29(20-35(30)42-36)39-22-25-10-4-1-5-11-25/h1-20,36H,21-24H2. The second-order valence-corrected chi connectivity index (χ2v) is 10.1. The zero-order valence-corrected chi connectivity index (χ0v) is 22.9. The molecule has 0 fully saturated rings. The van der Waals surface area contributed by atoms with E-state index in [1.807, 2.05) is 91.0 Å². The number of ether oxygens (including phenoxy) is 4. The van der Waals surface area contributed by atoms with E-state index in [2.05, 4.69) is 0 Å². The maximum Gasteiger partial charge on any atom is 0.182 e. The average molecular weight is 561 g/mol. The molecule has 6 rings (SSSR count). The number of Topliss-reactive ketones (excluding diaryl/α,β-unsaturated/α-hetero) is 1. The minimum Gasteiger partial charge on any atom is -0.489 e. The number of halogens is 1. The Labute approximate surface area is 244 Å². The highest BCUT2D eigenvalue weighted by Crippen LogP contribution is 2.42. The Morgan fingerprint density at radius 3 is 1.76 bits per heavy atom. The van der Waals surface area contributed by atoms with Gasteiger partial charge in [-0.3, -0.25) is 4.79 Å². The molecule has 0 amide bonds. The summed E-state index contributed by atoms with van der Waals surface area (Å²) in [7, 11) is 0. The molecule has 0 bridgehead atoms. The van der Waals surface area contributed by atoms with Gasteiger partial charge in [-0.2, -0.15) is 0 Å². The van der Waals surface area contributed by atoms with E-state index in [4.69, 9.17) is 18.9 Å². The first-order valence-electron chi connectivity index (χ1n) is 13.8. The van der Waals surface area contributed by atoms with Gasteiger partial charge in [0.15, 0.2) is 23.5 Å². The summed E-state index contributed by atoms with van der Waals surface area (Å²) in [5, 5.41) is 0. The van der Waals surface area contributed by atoms with E-state index in [0.717, 1.165) is 16.7 Å². The Hall–Kier alpha value is -5.10. The summed E-state index contributed by atoms with van der Waals surface area (Å²) in [6.45, 7) is 0.916. The number of benzene rings is 5. The van der Waals surface area contributed by atoms with Crippen LogP contribution in [-0.2, 0) is 31.0 Å². The van der Waals surface area contributed by atoms with Crippen LogP contribution >= 0.6 is 0 Å². The molecule has 1 unspecified atom stereocenters. The Kier molecular flexibility index (Phi) is 8.13. The fraction of sp³-hybridized carbons (Fsp3) is 0.139. The van der Waals surface area contributed by atoms with Crippen molar-refractivity contribution in [3.63, 3.8) is 0 Å². The van der Waals surface area contributed by atoms with Gasteiger partial charge in [0.2, 0.25) is 0 Å². The quantitative estimate of drug-likeness (QED) is 0.174. The van der Waals surface area contributed by atoms with Crippen molar-refractivity contribution >= 4 is 5.78 Å². The molecule has 210 valence electrons. The van der Waals surface area contributed by atoms with Crippen molar-refractivity contribution < 1.29 is 28.1 Å². The van der Waals surface area contributed by atoms with Crippen LogP contribution in [0.4, 0.5) is 4.39 Å². The predicted molar refractivity (Wildman–Crippen MR) is 157 cm³/mol. The van der Waals surface area contributed by atoms with Crippen molar-refractivity contribution in [1.82, 2.24) is 0 Å². The minimum atomic E-state index is -0.971. The van der Waals surface area contributed by atoms with Crippen LogP contribution in [0.3, 0.4) is 0 Å². The van der Waals surface area contributed by atoms with E-state index in [0.29, 0.717) is 41.6 Å². The van der Waals surface area contributed by atoms with E-state index in [9.17, 15) is 4.79 Å². The van der Waals surface area contributed by atoms with Crippen molar-refractivity contribution in [3.05, 3.63) is 155 Å². The van der Waals surface area contributed by atoms with Crippen LogP contribution in [0.1, 0.15) is 33.9 Å². The summed E-state index contributed by atoms with van der Waals surface area (Å²) in [4.78, 5) is 13.3. The Bertz CT molecular complexity index is 1660. The van der Waals surface area contributed by atoms with Gasteiger partial charge in [-0.1, -0.05) is 97.1 Å². The van der Waals surface area contributed by atoms with Gasteiger partial charge >= 0.3 is 0 Å². The molecular formula is C36H29FO5. The molecule has 0 spiro atoms. The summed E-state index contributed by atoms with van der Waals surface area (Å²) < 4.78 is 39.2. The fourth-order valence-electron chi connectivity index (χ4n) is 4.81. The number of fused-ring (bicyclic) bond motifs is 1. The first kappa shape index (κ1) is 27.1. The summed E-state index contributed by atoms with van der Waals surface area (Å²) in [5.41, 5.74) is 3.99. The highest BCUT2D eigenvalue weighted by atomic mass is 19.1. The molecule has 5 aromatic rings. The van der Waals surface area contributed by atoms with Crippen molar-refractivity contribution in [3.8, 4) is 23.0 Å². The van der Waals surface area contributed by atoms with Gasteiger partial charge in [-0.05, 0) is 28.8 Å². The molecular weight excluding hydrogens is 531 g/mol. The summed E-state index contributed by atoms with van der Waals surface area (Å²) >= 11 is 0. The lowest BCUT2D eigenvalue weighted by Crippen LogP contribution is -2.26. The second-order valence-electron chi connectivity index (χ2n) is 10.1. The first-order valence-corrected chi connectivity index (χ1v) is 13.8. The van der Waals surface area contributed by atoms with Gasteiger partial charge in [-0.25, -0.2) is 4.39 Å². The van der Waals surface area contributed by atoms with Crippen molar-refractivity contribution in [1.29, 1.82) is 0 Å². The molecule has 1 heterocycles.